The molecule has 4 heterocycles. The summed E-state index contributed by atoms with van der Waals surface area (Å²) in [6, 6.07) is 54.7. The molecule has 0 atom stereocenters. The number of rotatable bonds is 5. The highest BCUT2D eigenvalue weighted by atomic mass is 15.2. The molecule has 10 rings (SSSR count). The van der Waals surface area contributed by atoms with Crippen molar-refractivity contribution >= 4 is 43.6 Å². The molecule has 6 aromatic carbocycles. The van der Waals surface area contributed by atoms with Crippen LogP contribution in [0.1, 0.15) is 0 Å². The lowest BCUT2D eigenvalue weighted by Gasteiger charge is -2.12. The van der Waals surface area contributed by atoms with Crippen LogP contribution in [0.3, 0.4) is 0 Å². The first-order chi connectivity index (χ1) is 24.8. The van der Waals surface area contributed by atoms with Crippen LogP contribution in [-0.2, 0) is 0 Å². The maximum Gasteiger partial charge on any atom is 0.238 e. The van der Waals surface area contributed by atoms with Gasteiger partial charge >= 0.3 is 0 Å². The third-order valence-electron chi connectivity index (χ3n) is 9.48. The number of benzene rings is 6. The maximum absolute atomic E-state index is 5.12. The van der Waals surface area contributed by atoms with Crippen molar-refractivity contribution in [2.24, 2.45) is 0 Å². The van der Waals surface area contributed by atoms with E-state index >= 15 is 0 Å². The van der Waals surface area contributed by atoms with E-state index in [0.717, 1.165) is 66.2 Å². The Bertz CT molecular complexity index is 2800. The molecule has 4 aromatic heterocycles. The standard InChI is InChI=1S/C44H28N6/c1-4-12-29(13-5-1)42-46-43(30-14-6-2-7-15-30)48-44(47-42)50-38-19-11-10-18-34(38)35-22-20-32(27-41(35)50)31-21-23-36-37-28-45-25-24-39(37)49(40(36)26-31)33-16-8-3-9-17-33/h1-28H. The number of hydrogen-bond acceptors (Lipinski definition) is 4. The fourth-order valence-electron chi connectivity index (χ4n) is 7.16. The van der Waals surface area contributed by atoms with Crippen LogP contribution < -0.4 is 0 Å². The second kappa shape index (κ2) is 11.4. The van der Waals surface area contributed by atoms with Gasteiger partial charge in [0.25, 0.3) is 0 Å². The molecule has 6 heteroatoms. The maximum atomic E-state index is 5.12. The fourth-order valence-corrected chi connectivity index (χ4v) is 7.16. The highest BCUT2D eigenvalue weighted by molar-refractivity contribution is 6.12. The topological polar surface area (TPSA) is 61.4 Å². The molecule has 10 aromatic rings. The van der Waals surface area contributed by atoms with Gasteiger partial charge in [0.1, 0.15) is 0 Å². The van der Waals surface area contributed by atoms with Gasteiger partial charge in [-0.1, -0.05) is 121 Å². The molecule has 0 saturated carbocycles. The summed E-state index contributed by atoms with van der Waals surface area (Å²) < 4.78 is 4.51. The van der Waals surface area contributed by atoms with Crippen molar-refractivity contribution in [1.29, 1.82) is 0 Å². The zero-order valence-corrected chi connectivity index (χ0v) is 26.8. The molecule has 0 aliphatic heterocycles. The van der Waals surface area contributed by atoms with Crippen LogP contribution >= 0.6 is 0 Å². The van der Waals surface area contributed by atoms with E-state index in [9.17, 15) is 0 Å². The van der Waals surface area contributed by atoms with E-state index in [1.165, 1.54) is 5.39 Å². The summed E-state index contributed by atoms with van der Waals surface area (Å²) in [5.74, 6) is 1.84. The Morgan fingerprint density at radius 1 is 0.360 bits per heavy atom. The average molecular weight is 641 g/mol. The Morgan fingerprint density at radius 2 is 0.880 bits per heavy atom. The SMILES string of the molecule is c1ccc(-c2nc(-c3ccccc3)nc(-n3c4ccccc4c4ccc(-c5ccc6c7cnccc7n(-c7ccccc7)c6c5)cc43)n2)cc1. The molecule has 0 spiro atoms. The molecule has 234 valence electrons. The van der Waals surface area contributed by atoms with E-state index in [2.05, 4.69) is 111 Å². The second-order valence-electron chi connectivity index (χ2n) is 12.4. The van der Waals surface area contributed by atoms with Gasteiger partial charge in [-0.2, -0.15) is 9.97 Å². The molecule has 0 bridgehead atoms. The minimum absolute atomic E-state index is 0.577. The molecule has 0 radical (unpaired) electrons. The van der Waals surface area contributed by atoms with Gasteiger partial charge in [0.15, 0.2) is 11.6 Å². The number of aromatic nitrogens is 6. The molecule has 50 heavy (non-hydrogen) atoms. The lowest BCUT2D eigenvalue weighted by molar-refractivity contribution is 0.953. The number of nitrogens with zero attached hydrogens (tertiary/aromatic N) is 6. The Balaban J connectivity index is 1.22. The van der Waals surface area contributed by atoms with Crippen molar-refractivity contribution < 1.29 is 0 Å². The first kappa shape index (κ1) is 28.1. The molecule has 0 aliphatic carbocycles. The number of fused-ring (bicyclic) bond motifs is 6. The van der Waals surface area contributed by atoms with Gasteiger partial charge in [0.2, 0.25) is 5.95 Å². The van der Waals surface area contributed by atoms with E-state index in [-0.39, 0.29) is 0 Å². The first-order valence-corrected chi connectivity index (χ1v) is 16.6. The quantitative estimate of drug-likeness (QED) is 0.188. The monoisotopic (exact) mass is 640 g/mol. The van der Waals surface area contributed by atoms with Gasteiger partial charge in [-0.15, -0.1) is 0 Å². The molecule has 0 aliphatic rings. The van der Waals surface area contributed by atoms with Crippen molar-refractivity contribution in [2.45, 2.75) is 0 Å². The fraction of sp³-hybridized carbons (Fsp3) is 0. The molecule has 0 N–H and O–H groups in total. The van der Waals surface area contributed by atoms with Crippen LogP contribution in [0, 0.1) is 0 Å². The lowest BCUT2D eigenvalue weighted by Crippen LogP contribution is -2.06. The Morgan fingerprint density at radius 3 is 1.54 bits per heavy atom. The van der Waals surface area contributed by atoms with Crippen LogP contribution in [-0.4, -0.2) is 29.1 Å². The number of para-hydroxylation sites is 2. The Kier molecular flexibility index (Phi) is 6.39. The van der Waals surface area contributed by atoms with Crippen LogP contribution in [0.4, 0.5) is 0 Å². The van der Waals surface area contributed by atoms with Gasteiger partial charge in [-0.25, -0.2) is 4.98 Å². The van der Waals surface area contributed by atoms with Gasteiger partial charge in [0, 0.05) is 50.8 Å². The van der Waals surface area contributed by atoms with Crippen molar-refractivity contribution in [3.8, 4) is 45.5 Å². The van der Waals surface area contributed by atoms with Crippen LogP contribution in [0.5, 0.6) is 0 Å². The zero-order chi connectivity index (χ0) is 33.0. The predicted octanol–water partition coefficient (Wildman–Crippen LogP) is 10.5. The van der Waals surface area contributed by atoms with Gasteiger partial charge < -0.3 is 4.57 Å². The summed E-state index contributed by atoms with van der Waals surface area (Å²) in [5, 5.41) is 4.58. The number of pyridine rings is 1. The summed E-state index contributed by atoms with van der Waals surface area (Å²) >= 11 is 0. The minimum atomic E-state index is 0.577. The summed E-state index contributed by atoms with van der Waals surface area (Å²) in [5.41, 5.74) is 9.55. The average Bonchev–Trinajstić information content (AvgIpc) is 3.71. The molecular weight excluding hydrogens is 613 g/mol. The van der Waals surface area contributed by atoms with E-state index < -0.39 is 0 Å². The van der Waals surface area contributed by atoms with Gasteiger partial charge in [0.05, 0.1) is 22.1 Å². The van der Waals surface area contributed by atoms with E-state index in [1.54, 1.807) is 0 Å². The highest BCUT2D eigenvalue weighted by Crippen LogP contribution is 2.38. The van der Waals surface area contributed by atoms with Crippen molar-refractivity contribution in [2.75, 3.05) is 0 Å². The molecule has 6 nitrogen and oxygen atoms in total. The normalized spacial score (nSPS) is 11.6. The zero-order valence-electron chi connectivity index (χ0n) is 26.8. The molecule has 0 unspecified atom stereocenters. The summed E-state index contributed by atoms with van der Waals surface area (Å²) in [6.07, 6.45) is 3.82. The Labute approximate surface area is 287 Å². The van der Waals surface area contributed by atoms with Crippen molar-refractivity contribution in [1.82, 2.24) is 29.1 Å². The summed E-state index contributed by atoms with van der Waals surface area (Å²) in [4.78, 5) is 19.6. The van der Waals surface area contributed by atoms with Gasteiger partial charge in [-0.3, -0.25) is 9.55 Å². The molecule has 0 saturated heterocycles. The first-order valence-electron chi connectivity index (χ1n) is 16.6. The van der Waals surface area contributed by atoms with Crippen LogP contribution in [0.15, 0.2) is 170 Å². The van der Waals surface area contributed by atoms with Crippen molar-refractivity contribution in [3.63, 3.8) is 0 Å². The third-order valence-corrected chi connectivity index (χ3v) is 9.48. The van der Waals surface area contributed by atoms with Crippen molar-refractivity contribution in [3.05, 3.63) is 170 Å². The summed E-state index contributed by atoms with van der Waals surface area (Å²) in [6.45, 7) is 0. The van der Waals surface area contributed by atoms with E-state index in [0.29, 0.717) is 17.6 Å². The smallest absolute Gasteiger partial charge is 0.238 e. The second-order valence-corrected chi connectivity index (χ2v) is 12.4. The molecule has 0 fully saturated rings. The highest BCUT2D eigenvalue weighted by Gasteiger charge is 2.19. The predicted molar refractivity (Wildman–Crippen MR) is 203 cm³/mol. The minimum Gasteiger partial charge on any atom is -0.309 e. The number of hydrogen-bond donors (Lipinski definition) is 0. The van der Waals surface area contributed by atoms with E-state index in [4.69, 9.17) is 15.0 Å². The van der Waals surface area contributed by atoms with Crippen LogP contribution in [0.2, 0.25) is 0 Å². The Hall–Kier alpha value is -6.92. The molecular formula is C44H28N6. The lowest BCUT2D eigenvalue weighted by atomic mass is 10.0. The largest absolute Gasteiger partial charge is 0.309 e. The molecule has 0 amide bonds. The van der Waals surface area contributed by atoms with E-state index in [1.807, 2.05) is 73.1 Å². The summed E-state index contributed by atoms with van der Waals surface area (Å²) in [7, 11) is 0. The van der Waals surface area contributed by atoms with Crippen LogP contribution in [0.25, 0.3) is 89.2 Å². The third kappa shape index (κ3) is 4.50. The van der Waals surface area contributed by atoms with Gasteiger partial charge in [-0.05, 0) is 47.5 Å².